The number of nitrogens with one attached hydrogen (secondary N) is 1. The molecule has 6 heteroatoms. The van der Waals surface area contributed by atoms with E-state index >= 15 is 0 Å². The lowest BCUT2D eigenvalue weighted by Crippen LogP contribution is -2.38. The normalized spacial score (nSPS) is 17.1. The van der Waals surface area contributed by atoms with Crippen LogP contribution in [0.2, 0.25) is 0 Å². The first kappa shape index (κ1) is 15.7. The standard InChI is InChI=1S/C15H23N3O3/c1-16-13-6-5-12(9-14(13)18(20)21)10-17(2)11-15(19)7-3-4-8-15/h5-6,9,16,19H,3-4,7-8,10-11H2,1-2H3. The third-order valence-corrected chi connectivity index (χ3v) is 4.08. The molecule has 6 nitrogen and oxygen atoms in total. The molecule has 0 saturated heterocycles. The minimum atomic E-state index is -0.592. The Labute approximate surface area is 124 Å². The quantitative estimate of drug-likeness (QED) is 0.622. The molecule has 21 heavy (non-hydrogen) atoms. The smallest absolute Gasteiger partial charge is 0.292 e. The second kappa shape index (κ2) is 6.41. The van der Waals surface area contributed by atoms with Crippen LogP contribution in [0.1, 0.15) is 31.2 Å². The zero-order valence-corrected chi connectivity index (χ0v) is 12.6. The van der Waals surface area contributed by atoms with E-state index in [2.05, 4.69) is 5.32 Å². The Bertz CT molecular complexity index is 513. The van der Waals surface area contributed by atoms with E-state index in [1.165, 1.54) is 0 Å². The number of benzene rings is 1. The van der Waals surface area contributed by atoms with Gasteiger partial charge in [-0.05, 0) is 31.5 Å². The Morgan fingerprint density at radius 2 is 2.10 bits per heavy atom. The minimum absolute atomic E-state index is 0.0861. The predicted molar refractivity (Wildman–Crippen MR) is 82.4 cm³/mol. The number of nitro groups is 1. The molecule has 1 aliphatic carbocycles. The van der Waals surface area contributed by atoms with Crippen LogP contribution in [0.4, 0.5) is 11.4 Å². The molecule has 1 fully saturated rings. The van der Waals surface area contributed by atoms with E-state index in [4.69, 9.17) is 0 Å². The zero-order valence-electron chi connectivity index (χ0n) is 12.6. The van der Waals surface area contributed by atoms with Crippen LogP contribution in [0, 0.1) is 10.1 Å². The molecule has 2 rings (SSSR count). The summed E-state index contributed by atoms with van der Waals surface area (Å²) >= 11 is 0. The Morgan fingerprint density at radius 1 is 1.43 bits per heavy atom. The van der Waals surface area contributed by atoms with Crippen LogP contribution in [0.15, 0.2) is 18.2 Å². The highest BCUT2D eigenvalue weighted by molar-refractivity contribution is 5.62. The van der Waals surface area contributed by atoms with Gasteiger partial charge in [-0.25, -0.2) is 0 Å². The van der Waals surface area contributed by atoms with Gasteiger partial charge in [-0.3, -0.25) is 15.0 Å². The maximum absolute atomic E-state index is 11.1. The molecule has 1 saturated carbocycles. The van der Waals surface area contributed by atoms with E-state index in [0.29, 0.717) is 18.8 Å². The first-order valence-corrected chi connectivity index (χ1v) is 7.29. The number of anilines is 1. The molecule has 2 N–H and O–H groups in total. The van der Waals surface area contributed by atoms with Gasteiger partial charge in [0.05, 0.1) is 10.5 Å². The lowest BCUT2D eigenvalue weighted by Gasteiger charge is -2.28. The predicted octanol–water partition coefficient (Wildman–Crippen LogP) is 2.37. The number of hydrogen-bond acceptors (Lipinski definition) is 5. The second-order valence-electron chi connectivity index (χ2n) is 5.96. The summed E-state index contributed by atoms with van der Waals surface area (Å²) in [7, 11) is 3.61. The summed E-state index contributed by atoms with van der Waals surface area (Å²) in [5, 5.41) is 24.3. The number of nitro benzene ring substituents is 1. The lowest BCUT2D eigenvalue weighted by atomic mass is 10.0. The average molecular weight is 293 g/mol. The van der Waals surface area contributed by atoms with Gasteiger partial charge in [-0.2, -0.15) is 0 Å². The molecule has 0 amide bonds. The van der Waals surface area contributed by atoms with Crippen molar-refractivity contribution in [1.82, 2.24) is 4.90 Å². The fraction of sp³-hybridized carbons (Fsp3) is 0.600. The molecule has 0 heterocycles. The summed E-state index contributed by atoms with van der Waals surface area (Å²) in [5.74, 6) is 0. The lowest BCUT2D eigenvalue weighted by molar-refractivity contribution is -0.384. The molecule has 0 unspecified atom stereocenters. The van der Waals surface area contributed by atoms with Crippen LogP contribution in [0.3, 0.4) is 0 Å². The Morgan fingerprint density at radius 3 is 2.67 bits per heavy atom. The summed E-state index contributed by atoms with van der Waals surface area (Å²) < 4.78 is 0. The van der Waals surface area contributed by atoms with Crippen molar-refractivity contribution in [3.63, 3.8) is 0 Å². The van der Waals surface area contributed by atoms with Crippen LogP contribution >= 0.6 is 0 Å². The largest absolute Gasteiger partial charge is 0.389 e. The highest BCUT2D eigenvalue weighted by atomic mass is 16.6. The maximum Gasteiger partial charge on any atom is 0.292 e. The van der Waals surface area contributed by atoms with Crippen LogP contribution in [0.25, 0.3) is 0 Å². The van der Waals surface area contributed by atoms with E-state index in [1.54, 1.807) is 19.2 Å². The van der Waals surface area contributed by atoms with Gasteiger partial charge >= 0.3 is 0 Å². The molecule has 0 atom stereocenters. The van der Waals surface area contributed by atoms with Gasteiger partial charge < -0.3 is 10.4 Å². The van der Waals surface area contributed by atoms with Crippen LogP contribution in [0.5, 0.6) is 0 Å². The van der Waals surface area contributed by atoms with Crippen molar-refractivity contribution in [3.8, 4) is 0 Å². The summed E-state index contributed by atoms with van der Waals surface area (Å²) in [6.07, 6.45) is 3.84. The second-order valence-corrected chi connectivity index (χ2v) is 5.96. The first-order chi connectivity index (χ1) is 9.93. The summed E-state index contributed by atoms with van der Waals surface area (Å²) in [6.45, 7) is 1.20. The van der Waals surface area contributed by atoms with E-state index in [-0.39, 0.29) is 10.6 Å². The van der Waals surface area contributed by atoms with Crippen molar-refractivity contribution in [1.29, 1.82) is 0 Å². The van der Waals surface area contributed by atoms with Crippen LogP contribution in [-0.4, -0.2) is 41.2 Å². The third kappa shape index (κ3) is 3.92. The van der Waals surface area contributed by atoms with Crippen molar-refractivity contribution in [2.24, 2.45) is 0 Å². The van der Waals surface area contributed by atoms with Crippen molar-refractivity contribution in [2.75, 3.05) is 26.0 Å². The molecular formula is C15H23N3O3. The topological polar surface area (TPSA) is 78.6 Å². The maximum atomic E-state index is 11.1. The molecular weight excluding hydrogens is 270 g/mol. The number of rotatable bonds is 6. The molecule has 0 spiro atoms. The Balaban J connectivity index is 2.05. The van der Waals surface area contributed by atoms with E-state index in [9.17, 15) is 15.2 Å². The fourth-order valence-electron chi connectivity index (χ4n) is 3.10. The monoisotopic (exact) mass is 293 g/mol. The molecule has 1 aliphatic rings. The van der Waals surface area contributed by atoms with Crippen molar-refractivity contribution < 1.29 is 10.0 Å². The molecule has 0 aromatic heterocycles. The molecule has 0 radical (unpaired) electrons. The average Bonchev–Trinajstić information content (AvgIpc) is 2.84. The Kier molecular flexibility index (Phi) is 4.80. The van der Waals surface area contributed by atoms with E-state index < -0.39 is 5.60 Å². The summed E-state index contributed by atoms with van der Waals surface area (Å²) in [5.41, 5.74) is 0.889. The SMILES string of the molecule is CNc1ccc(CN(C)CC2(O)CCCC2)cc1[N+](=O)[O-]. The molecule has 0 bridgehead atoms. The number of nitrogens with zero attached hydrogens (tertiary/aromatic N) is 2. The van der Waals surface area contributed by atoms with Gasteiger partial charge in [-0.15, -0.1) is 0 Å². The number of aliphatic hydroxyl groups is 1. The third-order valence-electron chi connectivity index (χ3n) is 4.08. The van der Waals surface area contributed by atoms with Gasteiger partial charge in [-0.1, -0.05) is 18.9 Å². The summed E-state index contributed by atoms with van der Waals surface area (Å²) in [4.78, 5) is 12.7. The summed E-state index contributed by atoms with van der Waals surface area (Å²) in [6, 6.07) is 5.21. The van der Waals surface area contributed by atoms with Crippen LogP contribution in [-0.2, 0) is 6.54 Å². The molecule has 1 aromatic rings. The highest BCUT2D eigenvalue weighted by Gasteiger charge is 2.32. The number of hydrogen-bond donors (Lipinski definition) is 2. The number of likely N-dealkylation sites (N-methyl/N-ethyl adjacent to an activating group) is 1. The first-order valence-electron chi connectivity index (χ1n) is 7.29. The van der Waals surface area contributed by atoms with Gasteiger partial charge in [0, 0.05) is 26.2 Å². The molecule has 1 aromatic carbocycles. The van der Waals surface area contributed by atoms with E-state index in [0.717, 1.165) is 31.2 Å². The van der Waals surface area contributed by atoms with Gasteiger partial charge in [0.25, 0.3) is 5.69 Å². The van der Waals surface area contributed by atoms with Crippen molar-refractivity contribution in [3.05, 3.63) is 33.9 Å². The molecule has 116 valence electrons. The van der Waals surface area contributed by atoms with Crippen LogP contribution < -0.4 is 5.32 Å². The molecule has 0 aliphatic heterocycles. The van der Waals surface area contributed by atoms with Gasteiger partial charge in [0.15, 0.2) is 0 Å². The van der Waals surface area contributed by atoms with Gasteiger partial charge in [0.2, 0.25) is 0 Å². The zero-order chi connectivity index (χ0) is 15.5. The Hall–Kier alpha value is -1.66. The van der Waals surface area contributed by atoms with E-state index in [1.807, 2.05) is 18.0 Å². The fourth-order valence-corrected chi connectivity index (χ4v) is 3.10. The van der Waals surface area contributed by atoms with Crippen molar-refractivity contribution >= 4 is 11.4 Å². The van der Waals surface area contributed by atoms with Gasteiger partial charge in [0.1, 0.15) is 5.69 Å². The highest BCUT2D eigenvalue weighted by Crippen LogP contribution is 2.31. The minimum Gasteiger partial charge on any atom is -0.389 e. The van der Waals surface area contributed by atoms with Crippen molar-refractivity contribution in [2.45, 2.75) is 37.8 Å².